The van der Waals surface area contributed by atoms with Crippen molar-refractivity contribution in [2.24, 2.45) is 17.3 Å². The van der Waals surface area contributed by atoms with Gasteiger partial charge in [0, 0.05) is 24.3 Å². The fraction of sp³-hybridized carbons (Fsp3) is 0.662. The molecule has 450 valence electrons. The Morgan fingerprint density at radius 3 is 1.95 bits per heavy atom. The first kappa shape index (κ1) is 70.2. The Bertz CT molecular complexity index is 2210. The lowest BCUT2D eigenvalue weighted by Gasteiger charge is -2.50. The fourth-order valence-electron chi connectivity index (χ4n) is 11.0. The van der Waals surface area contributed by atoms with Crippen LogP contribution >= 0.6 is 0 Å². The summed E-state index contributed by atoms with van der Waals surface area (Å²) in [5.41, 5.74) is -0.934. The number of allylic oxidation sites excluding steroid dienone is 2. The maximum Gasteiger partial charge on any atom is 0.330 e. The SMILES string of the molecule is C=CC[C@H](C)C[C@H](C)C[C@H]1CCC[C@@H](C[C@H](CC(=O)O)O[Si](c2ccccc2)(c2ccccc2)C(C)(C)C)O1.CCCCCCCC(=O)O[C@H]1/C(=C/C(=O)OC)C[C@@H](CC(O)CO[Si](C)(C)C(C)(C)C)O[C@@]1(O)C(C)(C)/C=C/C=O. The second-order valence-corrected chi connectivity index (χ2v) is 34.9. The fourth-order valence-corrected chi connectivity index (χ4v) is 16.7. The van der Waals surface area contributed by atoms with E-state index in [1.165, 1.54) is 42.1 Å². The second-order valence-electron chi connectivity index (χ2n) is 25.8. The van der Waals surface area contributed by atoms with Crippen molar-refractivity contribution >= 4 is 51.2 Å². The van der Waals surface area contributed by atoms with Gasteiger partial charge >= 0.3 is 17.9 Å². The molecule has 15 heteroatoms. The van der Waals surface area contributed by atoms with Crippen molar-refractivity contribution in [1.82, 2.24) is 0 Å². The monoisotopic (exact) mass is 1150 g/mol. The number of carboxylic acid groups (broad SMARTS) is 1. The highest BCUT2D eigenvalue weighted by Crippen LogP contribution is 2.47. The highest BCUT2D eigenvalue weighted by atomic mass is 28.4. The number of carbonyl (C=O) groups is 4. The minimum Gasteiger partial charge on any atom is -0.481 e. The zero-order chi connectivity index (χ0) is 60.0. The molecule has 0 aromatic heterocycles. The number of unbranched alkanes of at least 4 members (excludes halogenated alkanes) is 4. The number of methoxy groups -OCH3 is 1. The van der Waals surface area contributed by atoms with E-state index < -0.39 is 70.2 Å². The summed E-state index contributed by atoms with van der Waals surface area (Å²) in [6.07, 6.45) is 15.4. The molecule has 0 bridgehead atoms. The maximum absolute atomic E-state index is 12.9. The highest BCUT2D eigenvalue weighted by Gasteiger charge is 2.58. The molecule has 2 aliphatic rings. The first-order valence-electron chi connectivity index (χ1n) is 29.6. The molecule has 0 spiro atoms. The third kappa shape index (κ3) is 21.3. The third-order valence-corrected chi connectivity index (χ3v) is 26.0. The van der Waals surface area contributed by atoms with Crippen LogP contribution in [-0.2, 0) is 47.0 Å². The smallest absolute Gasteiger partial charge is 0.330 e. The lowest BCUT2D eigenvalue weighted by atomic mass is 9.74. The van der Waals surface area contributed by atoms with Gasteiger partial charge in [0.15, 0.2) is 14.4 Å². The Morgan fingerprint density at radius 2 is 1.43 bits per heavy atom. The lowest BCUT2D eigenvalue weighted by molar-refractivity contribution is -0.327. The van der Waals surface area contributed by atoms with Crippen molar-refractivity contribution < 1.29 is 62.3 Å². The van der Waals surface area contributed by atoms with Gasteiger partial charge in [-0.1, -0.05) is 175 Å². The number of aliphatic carboxylic acids is 1. The van der Waals surface area contributed by atoms with Crippen molar-refractivity contribution in [2.45, 2.75) is 244 Å². The van der Waals surface area contributed by atoms with E-state index in [1.807, 2.05) is 18.2 Å². The number of ether oxygens (including phenoxy) is 4. The van der Waals surface area contributed by atoms with Crippen LogP contribution in [0.25, 0.3) is 0 Å². The van der Waals surface area contributed by atoms with Crippen molar-refractivity contribution in [1.29, 1.82) is 0 Å². The van der Waals surface area contributed by atoms with Crippen molar-refractivity contribution in [3.05, 3.63) is 97.1 Å². The first-order chi connectivity index (χ1) is 37.5. The van der Waals surface area contributed by atoms with Crippen LogP contribution in [0.1, 0.15) is 179 Å². The molecule has 0 saturated carbocycles. The number of carboxylic acids is 1. The molecule has 1 unspecified atom stereocenters. The summed E-state index contributed by atoms with van der Waals surface area (Å²) in [5.74, 6) is -2.96. The van der Waals surface area contributed by atoms with Gasteiger partial charge in [0.1, 0.15) is 6.29 Å². The predicted octanol–water partition coefficient (Wildman–Crippen LogP) is 12.8. The number of rotatable bonds is 30. The topological polar surface area (TPSA) is 184 Å². The van der Waals surface area contributed by atoms with E-state index in [9.17, 15) is 34.5 Å². The van der Waals surface area contributed by atoms with Crippen LogP contribution in [0.2, 0.25) is 23.2 Å². The van der Waals surface area contributed by atoms with Gasteiger partial charge in [-0.3, -0.25) is 14.4 Å². The second kappa shape index (κ2) is 32.7. The number of aliphatic hydroxyl groups is 2. The molecule has 80 heavy (non-hydrogen) atoms. The van der Waals surface area contributed by atoms with Gasteiger partial charge in [0.2, 0.25) is 5.79 Å². The molecule has 2 aromatic carbocycles. The van der Waals surface area contributed by atoms with E-state index in [0.717, 1.165) is 57.8 Å². The van der Waals surface area contributed by atoms with E-state index in [1.54, 1.807) is 13.8 Å². The van der Waals surface area contributed by atoms with Gasteiger partial charge in [-0.2, -0.15) is 0 Å². The normalized spacial score (nSPS) is 22.3. The molecule has 9 atom stereocenters. The Balaban J connectivity index is 0.000000421. The minimum atomic E-state index is -2.86. The Hall–Kier alpha value is -4.07. The quantitative estimate of drug-likeness (QED) is 0.0168. The van der Waals surface area contributed by atoms with Gasteiger partial charge in [-0.05, 0) is 115 Å². The van der Waals surface area contributed by atoms with Crippen LogP contribution in [0, 0.1) is 17.3 Å². The summed E-state index contributed by atoms with van der Waals surface area (Å²) in [7, 11) is -3.74. The van der Waals surface area contributed by atoms with Crippen LogP contribution in [0.15, 0.2) is 97.1 Å². The van der Waals surface area contributed by atoms with Crippen molar-refractivity contribution in [3.63, 3.8) is 0 Å². The number of hydrogen-bond donors (Lipinski definition) is 3. The molecule has 2 fully saturated rings. The maximum atomic E-state index is 12.9. The van der Waals surface area contributed by atoms with Crippen LogP contribution in [0.5, 0.6) is 0 Å². The average Bonchev–Trinajstić information content (AvgIpc) is 3.37. The molecule has 3 N–H and O–H groups in total. The Kier molecular flexibility index (Phi) is 28.7. The van der Waals surface area contributed by atoms with Crippen molar-refractivity contribution in [3.8, 4) is 0 Å². The summed E-state index contributed by atoms with van der Waals surface area (Å²) in [6, 6.07) is 20.9. The molecule has 0 aliphatic carbocycles. The zero-order valence-electron chi connectivity index (χ0n) is 51.4. The van der Waals surface area contributed by atoms with Gasteiger partial charge in [-0.25, -0.2) is 4.79 Å². The molecule has 2 saturated heterocycles. The number of esters is 2. The standard InChI is InChI=1S/C34H50O4Si.C31H54O9Si/c1-7-15-26(2)22-27(3)23-28-16-14-17-29(37-28)24-30(25-33(35)36)38-39(34(4,5)6,31-18-10-8-11-19-31)32-20-12-9-13-21-32;1-10-11-12-13-14-16-26(34)39-28-23(20-27(35)37-7)19-25(40-31(28,36)30(5,6)17-15-18-32)21-24(33)22-38-41(8,9)29(2,3)4/h7-13,18-21,26-30H,1,14-17,22-25H2,2-6H3,(H,35,36);15,17-18,20,24-25,28,33,36H,10-14,16,19,21-22H2,1-9H3/b;17-15+,23-20+/t26-,27-,28+,29-,30+;24?,25-,28-,31+/m00/s1. The largest absolute Gasteiger partial charge is 0.481 e. The Morgan fingerprint density at radius 1 is 0.838 bits per heavy atom. The molecular formula is C65H104O13Si2. The van der Waals surface area contributed by atoms with Crippen LogP contribution < -0.4 is 10.4 Å². The number of benzene rings is 2. The minimum absolute atomic E-state index is 0.0177. The molecule has 2 aliphatic heterocycles. The van der Waals surface area contributed by atoms with E-state index in [2.05, 4.69) is 131 Å². The lowest BCUT2D eigenvalue weighted by Crippen LogP contribution is -2.68. The van der Waals surface area contributed by atoms with E-state index in [-0.39, 0.29) is 54.6 Å². The highest BCUT2D eigenvalue weighted by molar-refractivity contribution is 6.99. The predicted molar refractivity (Wildman–Crippen MR) is 325 cm³/mol. The van der Waals surface area contributed by atoms with Crippen molar-refractivity contribution in [2.75, 3.05) is 13.7 Å². The number of hydrogen-bond acceptors (Lipinski definition) is 12. The van der Waals surface area contributed by atoms with E-state index in [4.69, 9.17) is 27.8 Å². The Labute approximate surface area is 483 Å². The van der Waals surface area contributed by atoms with Crippen LogP contribution in [0.4, 0.5) is 0 Å². The zero-order valence-corrected chi connectivity index (χ0v) is 53.4. The number of aliphatic hydroxyl groups excluding tert-OH is 1. The summed E-state index contributed by atoms with van der Waals surface area (Å²) in [4.78, 5) is 48.6. The van der Waals surface area contributed by atoms with Crippen LogP contribution in [0.3, 0.4) is 0 Å². The van der Waals surface area contributed by atoms with Gasteiger partial charge in [0.25, 0.3) is 8.32 Å². The molecule has 2 aromatic rings. The molecule has 2 heterocycles. The molecule has 0 radical (unpaired) electrons. The number of carbonyl (C=O) groups excluding carboxylic acids is 3. The summed E-state index contributed by atoms with van der Waals surface area (Å²) < 4.78 is 37.0. The number of aldehydes is 1. The summed E-state index contributed by atoms with van der Waals surface area (Å²) >= 11 is 0. The molecule has 0 amide bonds. The third-order valence-electron chi connectivity index (χ3n) is 16.4. The van der Waals surface area contributed by atoms with Gasteiger partial charge in [-0.15, -0.1) is 6.58 Å². The molecule has 4 rings (SSSR count). The molecule has 13 nitrogen and oxygen atoms in total. The van der Waals surface area contributed by atoms with Crippen LogP contribution in [-0.4, -0.2) is 112 Å². The first-order valence-corrected chi connectivity index (χ1v) is 34.4. The summed E-state index contributed by atoms with van der Waals surface area (Å²) in [6.45, 7) is 31.2. The summed E-state index contributed by atoms with van der Waals surface area (Å²) in [5, 5.41) is 35.1. The van der Waals surface area contributed by atoms with E-state index in [0.29, 0.717) is 36.5 Å². The molecular weight excluding hydrogens is 1040 g/mol. The average molecular weight is 1150 g/mol. The van der Waals surface area contributed by atoms with Gasteiger partial charge in [0.05, 0.1) is 50.7 Å². The van der Waals surface area contributed by atoms with Gasteiger partial charge < -0.3 is 43.1 Å². The van der Waals surface area contributed by atoms with E-state index >= 15 is 0 Å².